The Morgan fingerprint density at radius 1 is 1.18 bits per heavy atom. The molecule has 4 aliphatic rings. The topological polar surface area (TPSA) is 121 Å². The lowest BCUT2D eigenvalue weighted by molar-refractivity contribution is 0.0885. The van der Waals surface area contributed by atoms with E-state index in [1.54, 1.807) is 0 Å². The largest absolute Gasteiger partial charge is 0.489 e. The molecule has 0 saturated carbocycles. The number of hydrogen-bond donors (Lipinski definition) is 2. The van der Waals surface area contributed by atoms with E-state index in [2.05, 4.69) is 9.88 Å². The van der Waals surface area contributed by atoms with Crippen LogP contribution in [0.5, 0.6) is 11.8 Å². The first-order valence-corrected chi connectivity index (χ1v) is 16.1. The first-order valence-electron chi connectivity index (χ1n) is 14.9. The number of nitrogens with zero attached hydrogens (tertiary/aromatic N) is 5. The maximum absolute atomic E-state index is 17.0. The van der Waals surface area contributed by atoms with E-state index in [0.29, 0.717) is 31.8 Å². The van der Waals surface area contributed by atoms with E-state index in [1.165, 1.54) is 12.1 Å². The van der Waals surface area contributed by atoms with Crippen molar-refractivity contribution in [2.75, 3.05) is 43.5 Å². The van der Waals surface area contributed by atoms with Crippen molar-refractivity contribution in [3.63, 3.8) is 0 Å². The zero-order valence-corrected chi connectivity index (χ0v) is 25.3. The number of hydrogen-bond acceptors (Lipinski definition) is 10. The SMILES string of the molecule is N#Cc1c(N)sc2c(F)ccc(-c3c(Cl)c4c5c(nc(OCC67CCCN6CCC7)nc5c3F)N3CCCC(O)C3CO4)c12. The standard InChI is InChI=1S/C31H29ClF2N6O3S/c32-23-21(15-5-6-17(33)27-20(15)16(12-35)28(36)44-27)24(34)25-22-26(23)42-13-18-19(41)4-1-11-40(18)29(22)38-30(37-25)43-14-31-7-2-9-39(31)10-3-8-31/h5-6,18-19,41H,1-4,7-11,13-14,36H2. The Hall–Kier alpha value is -3.50. The van der Waals surface area contributed by atoms with Gasteiger partial charge in [0.2, 0.25) is 0 Å². The summed E-state index contributed by atoms with van der Waals surface area (Å²) in [7, 11) is 0. The molecule has 2 aromatic heterocycles. The second kappa shape index (κ2) is 10.3. The molecule has 2 aromatic carbocycles. The monoisotopic (exact) mass is 638 g/mol. The summed E-state index contributed by atoms with van der Waals surface area (Å²) in [6.45, 7) is 3.10. The van der Waals surface area contributed by atoms with Gasteiger partial charge in [-0.15, -0.1) is 11.3 Å². The summed E-state index contributed by atoms with van der Waals surface area (Å²) in [5.74, 6) is -0.795. The summed E-state index contributed by atoms with van der Waals surface area (Å²) >= 11 is 7.91. The zero-order valence-electron chi connectivity index (χ0n) is 23.7. The normalized spacial score (nSPS) is 22.5. The Labute approximate surface area is 260 Å². The second-order valence-corrected chi connectivity index (χ2v) is 13.6. The van der Waals surface area contributed by atoms with Crippen molar-refractivity contribution in [3.05, 3.63) is 34.4 Å². The number of ether oxygens (including phenoxy) is 2. The van der Waals surface area contributed by atoms with Gasteiger partial charge in [-0.1, -0.05) is 17.7 Å². The van der Waals surface area contributed by atoms with E-state index in [-0.39, 0.29) is 71.6 Å². The summed E-state index contributed by atoms with van der Waals surface area (Å²) in [6, 6.07) is 4.22. The Balaban J connectivity index is 1.36. The molecule has 0 amide bonds. The average Bonchev–Trinajstić information content (AvgIpc) is 3.66. The summed E-state index contributed by atoms with van der Waals surface area (Å²) in [5, 5.41) is 21.4. The molecule has 6 heterocycles. The maximum Gasteiger partial charge on any atom is 0.319 e. The summed E-state index contributed by atoms with van der Waals surface area (Å²) in [6.07, 6.45) is 4.85. The lowest BCUT2D eigenvalue weighted by Crippen LogP contribution is -2.51. The minimum Gasteiger partial charge on any atom is -0.489 e. The fraction of sp³-hybridized carbons (Fsp3) is 0.452. The first kappa shape index (κ1) is 28.0. The summed E-state index contributed by atoms with van der Waals surface area (Å²) in [5.41, 5.74) is 6.10. The highest BCUT2D eigenvalue weighted by Gasteiger charge is 2.45. The van der Waals surface area contributed by atoms with Gasteiger partial charge in [0.05, 0.1) is 38.4 Å². The molecule has 0 spiro atoms. The van der Waals surface area contributed by atoms with Crippen LogP contribution in [-0.4, -0.2) is 70.5 Å². The van der Waals surface area contributed by atoms with Gasteiger partial charge in [-0.25, -0.2) is 8.78 Å². The molecule has 3 fully saturated rings. The van der Waals surface area contributed by atoms with Gasteiger partial charge in [0.15, 0.2) is 11.6 Å². The number of fused-ring (bicyclic) bond motifs is 4. The lowest BCUT2D eigenvalue weighted by Gasteiger charge is -2.38. The van der Waals surface area contributed by atoms with Crippen LogP contribution >= 0.6 is 22.9 Å². The highest BCUT2D eigenvalue weighted by atomic mass is 35.5. The van der Waals surface area contributed by atoms with Crippen LogP contribution in [0.2, 0.25) is 5.02 Å². The van der Waals surface area contributed by atoms with Crippen molar-refractivity contribution in [3.8, 4) is 29.0 Å². The second-order valence-electron chi connectivity index (χ2n) is 12.1. The van der Waals surface area contributed by atoms with E-state index < -0.39 is 23.8 Å². The van der Waals surface area contributed by atoms with Gasteiger partial charge < -0.3 is 25.2 Å². The van der Waals surface area contributed by atoms with Crippen LogP contribution in [0, 0.1) is 23.0 Å². The van der Waals surface area contributed by atoms with Crippen molar-refractivity contribution in [2.45, 2.75) is 56.2 Å². The average molecular weight is 639 g/mol. The number of aliphatic hydroxyl groups excluding tert-OH is 1. The summed E-state index contributed by atoms with van der Waals surface area (Å²) in [4.78, 5) is 13.8. The molecule has 0 radical (unpaired) electrons. The van der Waals surface area contributed by atoms with Crippen molar-refractivity contribution in [2.24, 2.45) is 0 Å². The Morgan fingerprint density at radius 2 is 1.98 bits per heavy atom. The molecule has 4 aliphatic heterocycles. The van der Waals surface area contributed by atoms with Crippen LogP contribution < -0.4 is 20.1 Å². The molecular formula is C31H29ClF2N6O3S. The molecule has 3 N–H and O–H groups in total. The van der Waals surface area contributed by atoms with Crippen molar-refractivity contribution < 1.29 is 23.4 Å². The molecule has 0 bridgehead atoms. The number of piperidine rings is 1. The number of aromatic nitrogens is 2. The minimum absolute atomic E-state index is 0.0289. The summed E-state index contributed by atoms with van der Waals surface area (Å²) < 4.78 is 44.6. The Morgan fingerprint density at radius 3 is 2.75 bits per heavy atom. The Bertz CT molecular complexity index is 1890. The fourth-order valence-corrected chi connectivity index (χ4v) is 9.00. The van der Waals surface area contributed by atoms with E-state index >= 15 is 4.39 Å². The fourth-order valence-electron chi connectivity index (χ4n) is 7.72. The zero-order chi connectivity index (χ0) is 30.3. The molecule has 44 heavy (non-hydrogen) atoms. The number of nitrogens with two attached hydrogens (primary N) is 1. The van der Waals surface area contributed by atoms with Crippen LogP contribution in [0.15, 0.2) is 12.1 Å². The molecule has 13 heteroatoms. The van der Waals surface area contributed by atoms with Crippen LogP contribution in [0.4, 0.5) is 19.6 Å². The molecule has 9 nitrogen and oxygen atoms in total. The number of nitrogen functional groups attached to an aromatic ring is 1. The lowest BCUT2D eigenvalue weighted by atomic mass is 9.95. The minimum atomic E-state index is -0.773. The van der Waals surface area contributed by atoms with E-state index in [4.69, 9.17) is 31.8 Å². The third-order valence-corrected chi connectivity index (χ3v) is 11.2. The highest BCUT2D eigenvalue weighted by molar-refractivity contribution is 7.23. The molecule has 3 saturated heterocycles. The van der Waals surface area contributed by atoms with Gasteiger partial charge in [0.25, 0.3) is 0 Å². The first-order chi connectivity index (χ1) is 21.3. The van der Waals surface area contributed by atoms with Gasteiger partial charge >= 0.3 is 6.01 Å². The quantitative estimate of drug-likeness (QED) is 0.293. The predicted molar refractivity (Wildman–Crippen MR) is 165 cm³/mol. The molecular weight excluding hydrogens is 610 g/mol. The van der Waals surface area contributed by atoms with Crippen molar-refractivity contribution in [1.29, 1.82) is 5.26 Å². The van der Waals surface area contributed by atoms with E-state index in [0.717, 1.165) is 50.1 Å². The molecule has 0 aliphatic carbocycles. The van der Waals surface area contributed by atoms with Crippen molar-refractivity contribution in [1.82, 2.24) is 14.9 Å². The van der Waals surface area contributed by atoms with Gasteiger partial charge in [0, 0.05) is 17.5 Å². The van der Waals surface area contributed by atoms with Gasteiger partial charge in [-0.2, -0.15) is 15.2 Å². The number of thiophene rings is 1. The number of aliphatic hydroxyl groups is 1. The third kappa shape index (κ3) is 3.99. The number of anilines is 2. The predicted octanol–water partition coefficient (Wildman–Crippen LogP) is 5.63. The molecule has 4 aromatic rings. The smallest absolute Gasteiger partial charge is 0.319 e. The van der Waals surface area contributed by atoms with Gasteiger partial charge in [0.1, 0.15) is 41.4 Å². The van der Waals surface area contributed by atoms with E-state index in [1.807, 2.05) is 11.0 Å². The van der Waals surface area contributed by atoms with Crippen LogP contribution in [0.3, 0.4) is 0 Å². The molecule has 2 unspecified atom stereocenters. The highest BCUT2D eigenvalue weighted by Crippen LogP contribution is 2.51. The van der Waals surface area contributed by atoms with Crippen LogP contribution in [0.1, 0.15) is 44.1 Å². The van der Waals surface area contributed by atoms with Crippen LogP contribution in [-0.2, 0) is 0 Å². The molecule has 228 valence electrons. The van der Waals surface area contributed by atoms with Crippen molar-refractivity contribution >= 4 is 54.7 Å². The van der Waals surface area contributed by atoms with Crippen LogP contribution in [0.25, 0.3) is 32.1 Å². The third-order valence-electron chi connectivity index (χ3n) is 9.84. The molecule has 8 rings (SSSR count). The number of rotatable bonds is 4. The Kier molecular flexibility index (Phi) is 6.54. The van der Waals surface area contributed by atoms with Gasteiger partial charge in [-0.3, -0.25) is 4.90 Å². The maximum atomic E-state index is 17.0. The number of nitriles is 1. The molecule has 2 atom stereocenters. The number of halogens is 3. The van der Waals surface area contributed by atoms with Gasteiger partial charge in [-0.05, 0) is 63.2 Å². The number of benzene rings is 2. The van der Waals surface area contributed by atoms with E-state index in [9.17, 15) is 14.8 Å².